The summed E-state index contributed by atoms with van der Waals surface area (Å²) in [7, 11) is 0. The smallest absolute Gasteiger partial charge is 0.226 e. The number of fused-ring (bicyclic) bond motifs is 3. The van der Waals surface area contributed by atoms with Crippen molar-refractivity contribution in [2.24, 2.45) is 0 Å². The van der Waals surface area contributed by atoms with Gasteiger partial charge < -0.3 is 10.1 Å². The number of nitrogens with one attached hydrogen (secondary N) is 1. The Labute approximate surface area is 185 Å². The molecule has 0 spiro atoms. The van der Waals surface area contributed by atoms with Crippen LogP contribution in [0.3, 0.4) is 0 Å². The Morgan fingerprint density at radius 1 is 0.968 bits per heavy atom. The van der Waals surface area contributed by atoms with Gasteiger partial charge in [0.2, 0.25) is 5.95 Å². The molecule has 5 nitrogen and oxygen atoms in total. The second-order valence-electron chi connectivity index (χ2n) is 7.85. The van der Waals surface area contributed by atoms with Crippen molar-refractivity contribution in [1.82, 2.24) is 14.8 Å². The number of anilines is 1. The fourth-order valence-corrected chi connectivity index (χ4v) is 4.63. The SMILES string of the molecule is Cc1ccc([C@H]2C3=C(Nc4ncnn42)c2ccccc2O[C@@H]3c2cccc(Cl)c2)cc1. The summed E-state index contributed by atoms with van der Waals surface area (Å²) in [6.45, 7) is 2.09. The number of benzene rings is 3. The molecule has 3 aromatic carbocycles. The van der Waals surface area contributed by atoms with E-state index in [9.17, 15) is 0 Å². The van der Waals surface area contributed by atoms with Crippen molar-refractivity contribution in [2.45, 2.75) is 19.1 Å². The fourth-order valence-electron chi connectivity index (χ4n) is 4.43. The van der Waals surface area contributed by atoms with Crippen LogP contribution < -0.4 is 10.1 Å². The summed E-state index contributed by atoms with van der Waals surface area (Å²) < 4.78 is 8.52. The zero-order chi connectivity index (χ0) is 20.9. The summed E-state index contributed by atoms with van der Waals surface area (Å²) in [4.78, 5) is 4.47. The van der Waals surface area contributed by atoms with Crippen LogP contribution in [0.2, 0.25) is 5.02 Å². The standard InChI is InChI=1S/C25H19ClN4O/c1-15-9-11-16(12-10-15)23-21-22(29-25-27-14-28-30(23)25)19-7-2-3-8-20(19)31-24(21)17-5-4-6-18(26)13-17/h2-14,23-24H,1H3,(H,27,28,29)/t23-,24+/m0/s1. The van der Waals surface area contributed by atoms with Gasteiger partial charge >= 0.3 is 0 Å². The first-order valence-corrected chi connectivity index (χ1v) is 10.6. The molecule has 0 saturated carbocycles. The molecule has 0 radical (unpaired) electrons. The zero-order valence-corrected chi connectivity index (χ0v) is 17.5. The van der Waals surface area contributed by atoms with Gasteiger partial charge in [-0.25, -0.2) is 4.68 Å². The Bertz CT molecular complexity index is 1330. The molecular formula is C25H19ClN4O. The lowest BCUT2D eigenvalue weighted by Crippen LogP contribution is -2.32. The van der Waals surface area contributed by atoms with Crippen molar-refractivity contribution in [2.75, 3.05) is 5.32 Å². The minimum absolute atomic E-state index is 0.160. The lowest BCUT2D eigenvalue weighted by Gasteiger charge is -2.39. The average molecular weight is 427 g/mol. The van der Waals surface area contributed by atoms with Crippen molar-refractivity contribution >= 4 is 23.2 Å². The number of ether oxygens (including phenoxy) is 1. The second-order valence-corrected chi connectivity index (χ2v) is 8.28. The number of nitrogens with zero attached hydrogens (tertiary/aromatic N) is 3. The van der Waals surface area contributed by atoms with Crippen LogP contribution in [0.5, 0.6) is 5.75 Å². The van der Waals surface area contributed by atoms with Crippen molar-refractivity contribution < 1.29 is 4.74 Å². The number of halogens is 1. The third-order valence-corrected chi connectivity index (χ3v) is 6.10. The first kappa shape index (κ1) is 18.2. The van der Waals surface area contributed by atoms with E-state index in [1.54, 1.807) is 6.33 Å². The second kappa shape index (κ2) is 7.00. The maximum Gasteiger partial charge on any atom is 0.226 e. The quantitative estimate of drug-likeness (QED) is 0.440. The molecule has 2 aliphatic heterocycles. The van der Waals surface area contributed by atoms with Crippen LogP contribution in [-0.2, 0) is 0 Å². The number of hydrogen-bond acceptors (Lipinski definition) is 4. The Kier molecular flexibility index (Phi) is 4.11. The summed E-state index contributed by atoms with van der Waals surface area (Å²) >= 11 is 6.36. The Morgan fingerprint density at radius 3 is 2.65 bits per heavy atom. The van der Waals surface area contributed by atoms with E-state index in [1.807, 2.05) is 41.1 Å². The van der Waals surface area contributed by atoms with Crippen molar-refractivity contribution in [3.8, 4) is 5.75 Å². The minimum Gasteiger partial charge on any atom is -0.480 e. The highest BCUT2D eigenvalue weighted by Crippen LogP contribution is 2.50. The van der Waals surface area contributed by atoms with Gasteiger partial charge in [-0.1, -0.05) is 65.7 Å². The molecule has 31 heavy (non-hydrogen) atoms. The molecule has 4 aromatic rings. The molecular weight excluding hydrogens is 408 g/mol. The number of rotatable bonds is 2. The minimum atomic E-state index is -0.320. The highest BCUT2D eigenvalue weighted by Gasteiger charge is 2.40. The normalized spacial score (nSPS) is 19.0. The molecule has 0 bridgehead atoms. The first-order chi connectivity index (χ1) is 15.2. The lowest BCUT2D eigenvalue weighted by molar-refractivity contribution is 0.223. The predicted molar refractivity (Wildman–Crippen MR) is 121 cm³/mol. The molecule has 0 aliphatic carbocycles. The first-order valence-electron chi connectivity index (χ1n) is 10.2. The third-order valence-electron chi connectivity index (χ3n) is 5.87. The number of aromatic nitrogens is 3. The van der Waals surface area contributed by atoms with E-state index in [1.165, 1.54) is 5.56 Å². The van der Waals surface area contributed by atoms with Gasteiger partial charge in [0.15, 0.2) is 0 Å². The number of aryl methyl sites for hydroxylation is 1. The van der Waals surface area contributed by atoms with Crippen LogP contribution in [0, 0.1) is 6.92 Å². The molecule has 152 valence electrons. The molecule has 0 unspecified atom stereocenters. The predicted octanol–water partition coefficient (Wildman–Crippen LogP) is 5.80. The van der Waals surface area contributed by atoms with E-state index in [0.29, 0.717) is 11.0 Å². The lowest BCUT2D eigenvalue weighted by atomic mass is 9.84. The molecule has 1 N–H and O–H groups in total. The molecule has 1 aromatic heterocycles. The van der Waals surface area contributed by atoms with Crippen molar-refractivity contribution in [3.05, 3.63) is 112 Å². The van der Waals surface area contributed by atoms with Gasteiger partial charge in [0.05, 0.1) is 5.70 Å². The third kappa shape index (κ3) is 2.93. The average Bonchev–Trinajstić information content (AvgIpc) is 3.26. The van der Waals surface area contributed by atoms with Crippen LogP contribution in [0.15, 0.2) is 84.7 Å². The van der Waals surface area contributed by atoms with Gasteiger partial charge in [0, 0.05) is 16.2 Å². The monoisotopic (exact) mass is 426 g/mol. The van der Waals surface area contributed by atoms with Crippen LogP contribution in [0.4, 0.5) is 5.95 Å². The van der Waals surface area contributed by atoms with E-state index in [-0.39, 0.29) is 12.1 Å². The number of para-hydroxylation sites is 1. The number of hydrogen-bond donors (Lipinski definition) is 1. The van der Waals surface area contributed by atoms with Gasteiger partial charge in [-0.3, -0.25) is 0 Å². The molecule has 0 amide bonds. The van der Waals surface area contributed by atoms with E-state index in [2.05, 4.69) is 58.7 Å². The van der Waals surface area contributed by atoms with Gasteiger partial charge in [-0.05, 0) is 42.3 Å². The largest absolute Gasteiger partial charge is 0.480 e. The van der Waals surface area contributed by atoms with Crippen LogP contribution >= 0.6 is 11.6 Å². The van der Waals surface area contributed by atoms with Crippen molar-refractivity contribution in [3.63, 3.8) is 0 Å². The van der Waals surface area contributed by atoms with Gasteiger partial charge in [0.25, 0.3) is 0 Å². The van der Waals surface area contributed by atoms with E-state index < -0.39 is 0 Å². The molecule has 6 heteroatoms. The van der Waals surface area contributed by atoms with Crippen LogP contribution in [-0.4, -0.2) is 14.8 Å². The Hall–Kier alpha value is -3.57. The molecule has 0 saturated heterocycles. The molecule has 2 atom stereocenters. The van der Waals surface area contributed by atoms with Crippen molar-refractivity contribution in [1.29, 1.82) is 0 Å². The summed E-state index contributed by atoms with van der Waals surface area (Å²) in [5, 5.41) is 8.75. The summed E-state index contributed by atoms with van der Waals surface area (Å²) in [6.07, 6.45) is 1.27. The Morgan fingerprint density at radius 2 is 1.81 bits per heavy atom. The topological polar surface area (TPSA) is 52.0 Å². The highest BCUT2D eigenvalue weighted by molar-refractivity contribution is 6.30. The molecule has 6 rings (SSSR count). The zero-order valence-electron chi connectivity index (χ0n) is 16.8. The maximum atomic E-state index is 6.59. The van der Waals surface area contributed by atoms with Gasteiger partial charge in [-0.2, -0.15) is 10.1 Å². The molecule has 2 aliphatic rings. The van der Waals surface area contributed by atoms with Gasteiger partial charge in [-0.15, -0.1) is 0 Å². The maximum absolute atomic E-state index is 6.59. The molecule has 3 heterocycles. The van der Waals surface area contributed by atoms with Gasteiger partial charge in [0.1, 0.15) is 24.2 Å². The Balaban J connectivity index is 1.63. The fraction of sp³-hybridized carbons (Fsp3) is 0.120. The van der Waals surface area contributed by atoms with Crippen LogP contribution in [0.1, 0.15) is 34.4 Å². The van der Waals surface area contributed by atoms with E-state index in [0.717, 1.165) is 33.7 Å². The highest BCUT2D eigenvalue weighted by atomic mass is 35.5. The summed E-state index contributed by atoms with van der Waals surface area (Å²) in [5.41, 5.74) is 6.45. The van der Waals surface area contributed by atoms with E-state index >= 15 is 0 Å². The summed E-state index contributed by atoms with van der Waals surface area (Å²) in [6, 6.07) is 24.3. The molecule has 0 fully saturated rings. The van der Waals surface area contributed by atoms with Crippen LogP contribution in [0.25, 0.3) is 5.70 Å². The summed E-state index contributed by atoms with van der Waals surface area (Å²) in [5.74, 6) is 1.54. The van der Waals surface area contributed by atoms with E-state index in [4.69, 9.17) is 16.3 Å².